The molecule has 15 heavy (non-hydrogen) atoms. The highest BCUT2D eigenvalue weighted by molar-refractivity contribution is 14.1. The zero-order chi connectivity index (χ0) is 10.8. The normalized spacial score (nSPS) is 19.5. The summed E-state index contributed by atoms with van der Waals surface area (Å²) >= 11 is 2.27. The van der Waals surface area contributed by atoms with Gasteiger partial charge in [-0.1, -0.05) is 6.07 Å². The Hall–Kier alpha value is -0.620. The molecule has 80 valence electrons. The number of carbonyl (C=O) groups is 1. The van der Waals surface area contributed by atoms with Crippen LogP contribution in [-0.2, 0) is 4.79 Å². The van der Waals surface area contributed by atoms with Crippen molar-refractivity contribution in [3.63, 3.8) is 0 Å². The smallest absolute Gasteiger partial charge is 0.241 e. The predicted octanol–water partition coefficient (Wildman–Crippen LogP) is 1.90. The molecule has 1 aliphatic rings. The quantitative estimate of drug-likeness (QED) is 0.818. The van der Waals surface area contributed by atoms with Gasteiger partial charge in [-0.25, -0.2) is 0 Å². The standard InChI is InChI=1S/C11H13IN2O/c1-7-2-3-8(6-9(7)12)14-11(15)10-4-5-13-10/h2-3,6,10,13H,4-5H2,1H3,(H,14,15)/t10-/m1/s1. The summed E-state index contributed by atoms with van der Waals surface area (Å²) in [6.45, 7) is 3.00. The van der Waals surface area contributed by atoms with Gasteiger partial charge in [-0.15, -0.1) is 0 Å². The van der Waals surface area contributed by atoms with E-state index >= 15 is 0 Å². The summed E-state index contributed by atoms with van der Waals surface area (Å²) in [6, 6.07) is 5.95. The van der Waals surface area contributed by atoms with E-state index in [9.17, 15) is 4.79 Å². The second-order valence-electron chi connectivity index (χ2n) is 3.75. The van der Waals surface area contributed by atoms with Crippen molar-refractivity contribution in [2.45, 2.75) is 19.4 Å². The fourth-order valence-electron chi connectivity index (χ4n) is 1.41. The number of hydrogen-bond acceptors (Lipinski definition) is 2. The molecule has 1 fully saturated rings. The lowest BCUT2D eigenvalue weighted by atomic mass is 10.1. The summed E-state index contributed by atoms with van der Waals surface area (Å²) < 4.78 is 1.17. The van der Waals surface area contributed by atoms with E-state index in [0.717, 1.165) is 18.7 Å². The maximum absolute atomic E-state index is 11.6. The Morgan fingerprint density at radius 2 is 2.33 bits per heavy atom. The van der Waals surface area contributed by atoms with Crippen molar-refractivity contribution in [3.8, 4) is 0 Å². The van der Waals surface area contributed by atoms with Crippen LogP contribution in [0.3, 0.4) is 0 Å². The van der Waals surface area contributed by atoms with E-state index < -0.39 is 0 Å². The number of hydrogen-bond donors (Lipinski definition) is 2. The van der Waals surface area contributed by atoms with Crippen molar-refractivity contribution in [2.75, 3.05) is 11.9 Å². The van der Waals surface area contributed by atoms with Crippen molar-refractivity contribution >= 4 is 34.2 Å². The molecule has 1 saturated heterocycles. The van der Waals surface area contributed by atoms with E-state index in [1.54, 1.807) is 0 Å². The van der Waals surface area contributed by atoms with E-state index in [-0.39, 0.29) is 11.9 Å². The van der Waals surface area contributed by atoms with Crippen LogP contribution in [0.4, 0.5) is 5.69 Å². The molecule has 0 spiro atoms. The highest BCUT2D eigenvalue weighted by Gasteiger charge is 2.24. The molecule has 4 heteroatoms. The number of rotatable bonds is 2. The second kappa shape index (κ2) is 4.49. The van der Waals surface area contributed by atoms with Gasteiger partial charge in [-0.2, -0.15) is 0 Å². The van der Waals surface area contributed by atoms with Gasteiger partial charge in [0, 0.05) is 9.26 Å². The number of carbonyl (C=O) groups excluding carboxylic acids is 1. The Kier molecular flexibility index (Phi) is 3.25. The maximum atomic E-state index is 11.6. The largest absolute Gasteiger partial charge is 0.325 e. The molecule has 0 aliphatic carbocycles. The first-order chi connectivity index (χ1) is 7.16. The number of benzene rings is 1. The molecular formula is C11H13IN2O. The third-order valence-corrected chi connectivity index (χ3v) is 3.74. The van der Waals surface area contributed by atoms with Gasteiger partial charge in [0.25, 0.3) is 0 Å². The molecule has 1 heterocycles. The SMILES string of the molecule is Cc1ccc(NC(=O)[C@H]2CCN2)cc1I. The number of halogens is 1. The monoisotopic (exact) mass is 316 g/mol. The van der Waals surface area contributed by atoms with Crippen LogP contribution in [0, 0.1) is 10.5 Å². The van der Waals surface area contributed by atoms with E-state index in [1.165, 1.54) is 9.13 Å². The molecule has 1 atom stereocenters. The van der Waals surface area contributed by atoms with Crippen molar-refractivity contribution in [3.05, 3.63) is 27.3 Å². The zero-order valence-electron chi connectivity index (χ0n) is 8.51. The number of anilines is 1. The summed E-state index contributed by atoms with van der Waals surface area (Å²) in [5.41, 5.74) is 2.11. The molecule has 1 aliphatic heterocycles. The minimum Gasteiger partial charge on any atom is -0.325 e. The van der Waals surface area contributed by atoms with Crippen LogP contribution in [0.2, 0.25) is 0 Å². The summed E-state index contributed by atoms with van der Waals surface area (Å²) in [5, 5.41) is 5.98. The molecule has 0 saturated carbocycles. The fourth-order valence-corrected chi connectivity index (χ4v) is 1.93. The maximum Gasteiger partial charge on any atom is 0.241 e. The average molecular weight is 316 g/mol. The third-order valence-electron chi connectivity index (χ3n) is 2.58. The third kappa shape index (κ3) is 2.49. The first-order valence-corrected chi connectivity index (χ1v) is 6.05. The lowest BCUT2D eigenvalue weighted by Crippen LogP contribution is -2.50. The minimum atomic E-state index is 0.00367. The van der Waals surface area contributed by atoms with Gasteiger partial charge in [-0.3, -0.25) is 4.79 Å². The second-order valence-corrected chi connectivity index (χ2v) is 4.91. The lowest BCUT2D eigenvalue weighted by Gasteiger charge is -2.26. The van der Waals surface area contributed by atoms with Crippen LogP contribution in [-0.4, -0.2) is 18.5 Å². The van der Waals surface area contributed by atoms with Gasteiger partial charge in [0.1, 0.15) is 0 Å². The van der Waals surface area contributed by atoms with Crippen molar-refractivity contribution in [2.24, 2.45) is 0 Å². The molecule has 2 N–H and O–H groups in total. The Labute approximate surface area is 103 Å². The van der Waals surface area contributed by atoms with E-state index in [2.05, 4.69) is 40.1 Å². The highest BCUT2D eigenvalue weighted by atomic mass is 127. The molecule has 0 bridgehead atoms. The van der Waals surface area contributed by atoms with Gasteiger partial charge in [0.15, 0.2) is 0 Å². The van der Waals surface area contributed by atoms with Crippen LogP contribution in [0.15, 0.2) is 18.2 Å². The summed E-state index contributed by atoms with van der Waals surface area (Å²) in [7, 11) is 0. The van der Waals surface area contributed by atoms with Gasteiger partial charge < -0.3 is 10.6 Å². The van der Waals surface area contributed by atoms with Crippen LogP contribution in [0.25, 0.3) is 0 Å². The Morgan fingerprint density at radius 1 is 1.60 bits per heavy atom. The highest BCUT2D eigenvalue weighted by Crippen LogP contribution is 2.17. The van der Waals surface area contributed by atoms with Crippen LogP contribution < -0.4 is 10.6 Å². The number of aryl methyl sites for hydroxylation is 1. The molecule has 1 aromatic carbocycles. The van der Waals surface area contributed by atoms with Crippen molar-refractivity contribution in [1.82, 2.24) is 5.32 Å². The summed E-state index contributed by atoms with van der Waals surface area (Å²) in [6.07, 6.45) is 0.939. The molecule has 2 rings (SSSR count). The predicted molar refractivity (Wildman–Crippen MR) is 68.9 cm³/mol. The Bertz CT molecular complexity index is 388. The van der Waals surface area contributed by atoms with Crippen molar-refractivity contribution in [1.29, 1.82) is 0 Å². The van der Waals surface area contributed by atoms with Crippen LogP contribution in [0.5, 0.6) is 0 Å². The van der Waals surface area contributed by atoms with Crippen LogP contribution >= 0.6 is 22.6 Å². The summed E-state index contributed by atoms with van der Waals surface area (Å²) in [5.74, 6) is 0.0703. The average Bonchev–Trinajstić information content (AvgIpc) is 2.08. The molecule has 0 radical (unpaired) electrons. The van der Waals surface area contributed by atoms with E-state index in [0.29, 0.717) is 0 Å². The topological polar surface area (TPSA) is 41.1 Å². The molecule has 0 aromatic heterocycles. The Balaban J connectivity index is 2.03. The minimum absolute atomic E-state index is 0.00367. The van der Waals surface area contributed by atoms with Crippen molar-refractivity contribution < 1.29 is 4.79 Å². The van der Waals surface area contributed by atoms with E-state index in [1.807, 2.05) is 18.2 Å². The fraction of sp³-hybridized carbons (Fsp3) is 0.364. The van der Waals surface area contributed by atoms with E-state index in [4.69, 9.17) is 0 Å². The molecular weight excluding hydrogens is 303 g/mol. The number of amides is 1. The first-order valence-electron chi connectivity index (χ1n) is 4.97. The molecule has 0 unspecified atom stereocenters. The molecule has 1 amide bonds. The van der Waals surface area contributed by atoms with Gasteiger partial charge in [-0.05, 0) is 60.2 Å². The van der Waals surface area contributed by atoms with Gasteiger partial charge >= 0.3 is 0 Å². The Morgan fingerprint density at radius 3 is 2.87 bits per heavy atom. The lowest BCUT2D eigenvalue weighted by molar-refractivity contribution is -0.119. The van der Waals surface area contributed by atoms with Gasteiger partial charge in [0.2, 0.25) is 5.91 Å². The first kappa shape index (κ1) is 10.9. The van der Waals surface area contributed by atoms with Gasteiger partial charge in [0.05, 0.1) is 6.04 Å². The number of nitrogens with one attached hydrogen (secondary N) is 2. The molecule has 3 nitrogen and oxygen atoms in total. The van der Waals surface area contributed by atoms with Crippen LogP contribution in [0.1, 0.15) is 12.0 Å². The molecule has 1 aromatic rings. The summed E-state index contributed by atoms with van der Waals surface area (Å²) in [4.78, 5) is 11.6. The zero-order valence-corrected chi connectivity index (χ0v) is 10.7.